The third kappa shape index (κ3) is 4.63. The standard InChI is InChI=1S/C26H30N2O6/c1-25(2,3)12-21(22(29)28-14-26(33,15-28)23(30)31)27-24(32)34-13-20-18-10-6-4-8-16(18)17-9-5-7-11-19(17)20/h4-11,20-21,33H,12-15H2,1-3H3,(H,27,32)(H,30,31). The highest BCUT2D eigenvalue weighted by atomic mass is 16.5. The molecule has 1 unspecified atom stereocenters. The lowest BCUT2D eigenvalue weighted by Crippen LogP contribution is -2.69. The summed E-state index contributed by atoms with van der Waals surface area (Å²) >= 11 is 0. The molecule has 0 radical (unpaired) electrons. The zero-order valence-corrected chi connectivity index (χ0v) is 19.6. The highest BCUT2D eigenvalue weighted by Gasteiger charge is 2.51. The average molecular weight is 467 g/mol. The Labute approximate surface area is 198 Å². The molecule has 1 aliphatic heterocycles. The van der Waals surface area contributed by atoms with E-state index in [0.717, 1.165) is 22.3 Å². The minimum atomic E-state index is -1.94. The number of aliphatic carboxylic acids is 1. The Balaban J connectivity index is 1.43. The predicted octanol–water partition coefficient (Wildman–Crippen LogP) is 2.99. The van der Waals surface area contributed by atoms with Gasteiger partial charge in [0.05, 0.1) is 13.1 Å². The molecule has 2 aromatic rings. The number of carboxylic acid groups (broad SMARTS) is 1. The Kier molecular flexibility index (Phi) is 6.12. The fourth-order valence-electron chi connectivity index (χ4n) is 4.69. The molecule has 180 valence electrons. The summed E-state index contributed by atoms with van der Waals surface area (Å²) in [6, 6.07) is 15.2. The summed E-state index contributed by atoms with van der Waals surface area (Å²) in [4.78, 5) is 38.1. The van der Waals surface area contributed by atoms with Gasteiger partial charge in [0, 0.05) is 5.92 Å². The molecule has 3 N–H and O–H groups in total. The molecule has 34 heavy (non-hydrogen) atoms. The van der Waals surface area contributed by atoms with Gasteiger partial charge in [0.15, 0.2) is 5.60 Å². The molecule has 1 aliphatic carbocycles. The van der Waals surface area contributed by atoms with Gasteiger partial charge in [-0.2, -0.15) is 0 Å². The third-order valence-corrected chi connectivity index (χ3v) is 6.36. The van der Waals surface area contributed by atoms with Gasteiger partial charge < -0.3 is 25.2 Å². The van der Waals surface area contributed by atoms with Crippen LogP contribution in [0.3, 0.4) is 0 Å². The van der Waals surface area contributed by atoms with Crippen molar-refractivity contribution in [3.8, 4) is 11.1 Å². The molecule has 0 spiro atoms. The van der Waals surface area contributed by atoms with Crippen molar-refractivity contribution in [2.24, 2.45) is 5.41 Å². The lowest BCUT2D eigenvalue weighted by molar-refractivity contribution is -0.183. The number of β-amino-alcohol motifs (C(OH)–C–C–N with tert-alkyl or cyclic N) is 1. The number of hydrogen-bond acceptors (Lipinski definition) is 5. The maximum Gasteiger partial charge on any atom is 0.407 e. The van der Waals surface area contributed by atoms with Crippen LogP contribution in [-0.4, -0.2) is 64.4 Å². The van der Waals surface area contributed by atoms with Gasteiger partial charge in [-0.1, -0.05) is 69.3 Å². The van der Waals surface area contributed by atoms with Crippen molar-refractivity contribution < 1.29 is 29.3 Å². The average Bonchev–Trinajstić information content (AvgIpc) is 3.07. The number of nitrogens with one attached hydrogen (secondary N) is 1. The number of alkyl carbamates (subject to hydrolysis) is 1. The van der Waals surface area contributed by atoms with Crippen molar-refractivity contribution in [3.05, 3.63) is 59.7 Å². The summed E-state index contributed by atoms with van der Waals surface area (Å²) in [6.45, 7) is 5.32. The Morgan fingerprint density at radius 1 is 1.06 bits per heavy atom. The van der Waals surface area contributed by atoms with E-state index in [1.54, 1.807) is 0 Å². The second-order valence-corrected chi connectivity index (χ2v) is 10.3. The molecule has 8 heteroatoms. The van der Waals surface area contributed by atoms with E-state index in [-0.39, 0.29) is 31.0 Å². The summed E-state index contributed by atoms with van der Waals surface area (Å²) in [5.74, 6) is -1.90. The second kappa shape index (κ2) is 8.76. The van der Waals surface area contributed by atoms with E-state index in [0.29, 0.717) is 6.42 Å². The Morgan fingerprint density at radius 2 is 1.59 bits per heavy atom. The normalized spacial score (nSPS) is 17.2. The van der Waals surface area contributed by atoms with Crippen LogP contribution in [0, 0.1) is 5.41 Å². The molecule has 8 nitrogen and oxygen atoms in total. The summed E-state index contributed by atoms with van der Waals surface area (Å²) in [5.41, 5.74) is 2.20. The van der Waals surface area contributed by atoms with Crippen molar-refractivity contribution in [2.45, 2.75) is 44.8 Å². The number of likely N-dealkylation sites (tertiary alicyclic amines) is 1. The van der Waals surface area contributed by atoms with E-state index in [4.69, 9.17) is 9.84 Å². The number of amides is 2. The van der Waals surface area contributed by atoms with Gasteiger partial charge in [0.25, 0.3) is 0 Å². The van der Waals surface area contributed by atoms with Crippen molar-refractivity contribution in [2.75, 3.05) is 19.7 Å². The molecule has 1 heterocycles. The number of ether oxygens (including phenoxy) is 1. The minimum Gasteiger partial charge on any atom is -0.479 e. The van der Waals surface area contributed by atoms with Gasteiger partial charge >= 0.3 is 12.1 Å². The topological polar surface area (TPSA) is 116 Å². The van der Waals surface area contributed by atoms with Crippen molar-refractivity contribution >= 4 is 18.0 Å². The van der Waals surface area contributed by atoms with E-state index in [1.165, 1.54) is 4.90 Å². The first kappa shape index (κ1) is 23.8. The fourth-order valence-corrected chi connectivity index (χ4v) is 4.69. The minimum absolute atomic E-state index is 0.101. The predicted molar refractivity (Wildman–Crippen MR) is 125 cm³/mol. The zero-order chi connectivity index (χ0) is 24.7. The van der Waals surface area contributed by atoms with Crippen molar-refractivity contribution in [1.82, 2.24) is 10.2 Å². The number of carbonyl (C=O) groups excluding carboxylic acids is 2. The van der Waals surface area contributed by atoms with Gasteiger partial charge in [-0.3, -0.25) is 4.79 Å². The molecule has 0 aromatic heterocycles. The van der Waals surface area contributed by atoms with Gasteiger partial charge in [-0.15, -0.1) is 0 Å². The number of hydrogen-bond donors (Lipinski definition) is 3. The van der Waals surface area contributed by atoms with E-state index in [1.807, 2.05) is 57.2 Å². The molecule has 2 amide bonds. The van der Waals surface area contributed by atoms with E-state index < -0.39 is 29.6 Å². The first-order chi connectivity index (χ1) is 16.0. The highest BCUT2D eigenvalue weighted by molar-refractivity contribution is 5.90. The number of fused-ring (bicyclic) bond motifs is 3. The van der Waals surface area contributed by atoms with Crippen LogP contribution in [-0.2, 0) is 14.3 Å². The van der Waals surface area contributed by atoms with Crippen LogP contribution in [0.5, 0.6) is 0 Å². The van der Waals surface area contributed by atoms with Crippen LogP contribution in [0.15, 0.2) is 48.5 Å². The highest BCUT2D eigenvalue weighted by Crippen LogP contribution is 2.44. The SMILES string of the molecule is CC(C)(C)CC(NC(=O)OCC1c2ccccc2-c2ccccc21)C(=O)N1CC(O)(C(=O)O)C1. The summed E-state index contributed by atoms with van der Waals surface area (Å²) in [6.07, 6.45) is -0.378. The number of carbonyl (C=O) groups is 3. The van der Waals surface area contributed by atoms with Crippen LogP contribution in [0.4, 0.5) is 4.79 Å². The maximum absolute atomic E-state index is 13.0. The lowest BCUT2D eigenvalue weighted by atomic mass is 9.86. The van der Waals surface area contributed by atoms with Gasteiger partial charge in [0.1, 0.15) is 12.6 Å². The Hall–Kier alpha value is -3.39. The van der Waals surface area contributed by atoms with Gasteiger partial charge in [-0.25, -0.2) is 9.59 Å². The van der Waals surface area contributed by atoms with Crippen LogP contribution in [0.2, 0.25) is 0 Å². The monoisotopic (exact) mass is 466 g/mol. The van der Waals surface area contributed by atoms with Gasteiger partial charge in [-0.05, 0) is 34.1 Å². The van der Waals surface area contributed by atoms with E-state index >= 15 is 0 Å². The van der Waals surface area contributed by atoms with Crippen molar-refractivity contribution in [3.63, 3.8) is 0 Å². The maximum atomic E-state index is 13.0. The fraction of sp³-hybridized carbons (Fsp3) is 0.423. The molecule has 2 aliphatic rings. The zero-order valence-electron chi connectivity index (χ0n) is 19.6. The first-order valence-electron chi connectivity index (χ1n) is 11.3. The van der Waals surface area contributed by atoms with Crippen LogP contribution in [0.25, 0.3) is 11.1 Å². The van der Waals surface area contributed by atoms with Crippen LogP contribution >= 0.6 is 0 Å². The largest absolute Gasteiger partial charge is 0.479 e. The summed E-state index contributed by atoms with van der Waals surface area (Å²) in [7, 11) is 0. The summed E-state index contributed by atoms with van der Waals surface area (Å²) < 4.78 is 5.58. The number of aliphatic hydroxyl groups is 1. The van der Waals surface area contributed by atoms with Crippen LogP contribution in [0.1, 0.15) is 44.2 Å². The second-order valence-electron chi connectivity index (χ2n) is 10.3. The van der Waals surface area contributed by atoms with E-state index in [9.17, 15) is 19.5 Å². The van der Waals surface area contributed by atoms with Gasteiger partial charge in [0.2, 0.25) is 5.91 Å². The van der Waals surface area contributed by atoms with Crippen molar-refractivity contribution in [1.29, 1.82) is 0 Å². The molecule has 0 bridgehead atoms. The number of rotatable bonds is 6. The molecular weight excluding hydrogens is 436 g/mol. The molecular formula is C26H30N2O6. The Bertz CT molecular complexity index is 1070. The molecule has 4 rings (SSSR count). The third-order valence-electron chi connectivity index (χ3n) is 6.36. The summed E-state index contributed by atoms with van der Waals surface area (Å²) in [5, 5.41) is 21.7. The van der Waals surface area contributed by atoms with E-state index in [2.05, 4.69) is 17.4 Å². The Morgan fingerprint density at radius 3 is 2.09 bits per heavy atom. The molecule has 2 aromatic carbocycles. The first-order valence-corrected chi connectivity index (χ1v) is 11.3. The number of benzene rings is 2. The molecule has 0 saturated carbocycles. The molecule has 1 fully saturated rings. The molecule has 1 saturated heterocycles. The lowest BCUT2D eigenvalue weighted by Gasteiger charge is -2.45. The number of carboxylic acids is 1. The smallest absolute Gasteiger partial charge is 0.407 e. The molecule has 1 atom stereocenters. The number of nitrogens with zero attached hydrogens (tertiary/aromatic N) is 1. The quantitative estimate of drug-likeness (QED) is 0.603. The van der Waals surface area contributed by atoms with Crippen LogP contribution < -0.4 is 5.32 Å².